The molecule has 0 aliphatic carbocycles. The van der Waals surface area contributed by atoms with Crippen molar-refractivity contribution in [2.75, 3.05) is 0 Å². The van der Waals surface area contributed by atoms with Crippen LogP contribution < -0.4 is 10.6 Å². The highest BCUT2D eigenvalue weighted by molar-refractivity contribution is 7.80. The third-order valence-corrected chi connectivity index (χ3v) is 3.41. The molecular weight excluding hydrogens is 300 g/mol. The average Bonchev–Trinajstić information content (AvgIpc) is 3.06. The van der Waals surface area contributed by atoms with Crippen molar-refractivity contribution < 1.29 is 14.0 Å². The highest BCUT2D eigenvalue weighted by Gasteiger charge is 2.20. The fraction of sp³-hybridized carbons (Fsp3) is 0.0625. The van der Waals surface area contributed by atoms with Gasteiger partial charge >= 0.3 is 0 Å². The summed E-state index contributed by atoms with van der Waals surface area (Å²) in [5, 5.41) is 5.52. The van der Waals surface area contributed by atoms with Crippen molar-refractivity contribution in [3.05, 3.63) is 53.4 Å². The van der Waals surface area contributed by atoms with Gasteiger partial charge in [0.25, 0.3) is 5.91 Å². The molecule has 2 aromatic rings. The molecule has 1 saturated heterocycles. The molecular formula is C16H12N2O3S. The van der Waals surface area contributed by atoms with Gasteiger partial charge in [-0.25, -0.2) is 0 Å². The normalized spacial score (nSPS) is 15.8. The van der Waals surface area contributed by atoms with E-state index in [2.05, 4.69) is 10.6 Å². The fourth-order valence-electron chi connectivity index (χ4n) is 2.08. The van der Waals surface area contributed by atoms with Gasteiger partial charge in [-0.05, 0) is 31.3 Å². The van der Waals surface area contributed by atoms with Crippen LogP contribution in [0.5, 0.6) is 0 Å². The first kappa shape index (κ1) is 14.2. The number of hydrogen-bond donors (Lipinski definition) is 2. The molecule has 3 rings (SSSR count). The van der Waals surface area contributed by atoms with E-state index in [0.717, 1.165) is 5.56 Å². The minimum absolute atomic E-state index is 0.0192. The topological polar surface area (TPSA) is 71.3 Å². The van der Waals surface area contributed by atoms with E-state index in [1.807, 2.05) is 12.1 Å². The Morgan fingerprint density at radius 3 is 2.45 bits per heavy atom. The summed E-state index contributed by atoms with van der Waals surface area (Å²) in [6, 6.07) is 10.7. The smallest absolute Gasteiger partial charge is 0.274 e. The molecule has 5 nitrogen and oxygen atoms in total. The molecule has 0 saturated carbocycles. The van der Waals surface area contributed by atoms with Gasteiger partial charge < -0.3 is 9.73 Å². The Kier molecular flexibility index (Phi) is 3.60. The maximum absolute atomic E-state index is 11.6. The van der Waals surface area contributed by atoms with E-state index in [-0.39, 0.29) is 16.8 Å². The molecule has 1 aliphatic rings. The Morgan fingerprint density at radius 2 is 1.86 bits per heavy atom. The van der Waals surface area contributed by atoms with Crippen LogP contribution >= 0.6 is 12.2 Å². The molecule has 1 aliphatic heterocycles. The van der Waals surface area contributed by atoms with E-state index in [4.69, 9.17) is 16.6 Å². The van der Waals surface area contributed by atoms with Crippen LogP contribution in [-0.2, 0) is 4.79 Å². The van der Waals surface area contributed by atoms with Gasteiger partial charge in [0.15, 0.2) is 10.9 Å². The van der Waals surface area contributed by atoms with Gasteiger partial charge in [0.2, 0.25) is 0 Å². The molecule has 1 aromatic heterocycles. The summed E-state index contributed by atoms with van der Waals surface area (Å²) in [6.45, 7) is 1.52. The van der Waals surface area contributed by atoms with Crippen molar-refractivity contribution in [1.29, 1.82) is 0 Å². The number of carbonyl (C=O) groups excluding carboxylic acids is 2. The number of rotatable bonds is 3. The van der Waals surface area contributed by atoms with Crippen molar-refractivity contribution in [2.24, 2.45) is 0 Å². The third kappa shape index (κ3) is 2.82. The monoisotopic (exact) mass is 312 g/mol. The van der Waals surface area contributed by atoms with Crippen LogP contribution in [0.4, 0.5) is 0 Å². The number of thiocarbonyl (C=S) groups is 1. The maximum Gasteiger partial charge on any atom is 0.274 e. The Hall–Kier alpha value is -2.73. The van der Waals surface area contributed by atoms with Gasteiger partial charge in [0.1, 0.15) is 17.2 Å². The van der Waals surface area contributed by atoms with Gasteiger partial charge in [-0.1, -0.05) is 24.3 Å². The highest BCUT2D eigenvalue weighted by atomic mass is 32.1. The van der Waals surface area contributed by atoms with Crippen molar-refractivity contribution in [1.82, 2.24) is 10.6 Å². The average molecular weight is 312 g/mol. The first-order chi connectivity index (χ1) is 10.5. The molecule has 1 fully saturated rings. The van der Waals surface area contributed by atoms with Crippen LogP contribution in [0.15, 0.2) is 46.5 Å². The van der Waals surface area contributed by atoms with Crippen LogP contribution in [0, 0.1) is 0 Å². The number of Topliss-reactive ketones (excluding diaryl/α,β-unsaturated/α-hetero) is 1. The quantitative estimate of drug-likeness (QED) is 0.517. The van der Waals surface area contributed by atoms with Crippen molar-refractivity contribution in [3.63, 3.8) is 0 Å². The molecule has 0 spiro atoms. The lowest BCUT2D eigenvalue weighted by Crippen LogP contribution is -2.21. The minimum atomic E-state index is -0.284. The summed E-state index contributed by atoms with van der Waals surface area (Å²) in [6.07, 6.45) is 1.59. The Labute approximate surface area is 132 Å². The second kappa shape index (κ2) is 5.57. The Morgan fingerprint density at radius 1 is 1.14 bits per heavy atom. The summed E-state index contributed by atoms with van der Waals surface area (Å²) >= 11 is 4.86. The molecule has 0 unspecified atom stereocenters. The lowest BCUT2D eigenvalue weighted by Gasteiger charge is -1.99. The Balaban J connectivity index is 1.85. The van der Waals surface area contributed by atoms with E-state index in [1.54, 1.807) is 30.3 Å². The lowest BCUT2D eigenvalue weighted by molar-refractivity contribution is -0.115. The van der Waals surface area contributed by atoms with Gasteiger partial charge in [-0.3, -0.25) is 14.9 Å². The van der Waals surface area contributed by atoms with Crippen LogP contribution in [0.2, 0.25) is 0 Å². The summed E-state index contributed by atoms with van der Waals surface area (Å²) in [5.41, 5.74) is 1.85. The number of hydrogen-bond acceptors (Lipinski definition) is 4. The molecule has 6 heteroatoms. The Bertz CT molecular complexity index is 803. The maximum atomic E-state index is 11.6. The summed E-state index contributed by atoms with van der Waals surface area (Å²) in [5.74, 6) is 0.926. The van der Waals surface area contributed by atoms with Crippen LogP contribution in [-0.4, -0.2) is 16.8 Å². The van der Waals surface area contributed by atoms with Crippen molar-refractivity contribution >= 4 is 35.1 Å². The number of nitrogens with one attached hydrogen (secondary N) is 2. The molecule has 22 heavy (non-hydrogen) atoms. The minimum Gasteiger partial charge on any atom is -0.457 e. The van der Waals surface area contributed by atoms with Gasteiger partial charge in [-0.15, -0.1) is 0 Å². The van der Waals surface area contributed by atoms with E-state index in [0.29, 0.717) is 22.8 Å². The molecule has 0 atom stereocenters. The second-order valence-electron chi connectivity index (χ2n) is 4.80. The molecule has 1 amide bonds. The zero-order valence-electron chi connectivity index (χ0n) is 11.7. The van der Waals surface area contributed by atoms with E-state index < -0.39 is 0 Å². The zero-order chi connectivity index (χ0) is 15.7. The number of carbonyl (C=O) groups is 2. The van der Waals surface area contributed by atoms with Crippen molar-refractivity contribution in [3.8, 4) is 11.3 Å². The van der Waals surface area contributed by atoms with Crippen molar-refractivity contribution in [2.45, 2.75) is 6.92 Å². The molecule has 2 heterocycles. The first-order valence-corrected chi connectivity index (χ1v) is 6.99. The predicted molar refractivity (Wildman–Crippen MR) is 86.0 cm³/mol. The third-order valence-electron chi connectivity index (χ3n) is 3.21. The van der Waals surface area contributed by atoms with E-state index in [9.17, 15) is 9.59 Å². The van der Waals surface area contributed by atoms with Crippen LogP contribution in [0.25, 0.3) is 17.4 Å². The number of furan rings is 1. The number of benzene rings is 1. The highest BCUT2D eigenvalue weighted by Crippen LogP contribution is 2.24. The van der Waals surface area contributed by atoms with Crippen LogP contribution in [0.1, 0.15) is 23.0 Å². The summed E-state index contributed by atoms with van der Waals surface area (Å²) < 4.78 is 5.69. The van der Waals surface area contributed by atoms with E-state index in [1.165, 1.54) is 6.92 Å². The molecule has 2 N–H and O–H groups in total. The summed E-state index contributed by atoms with van der Waals surface area (Å²) in [4.78, 5) is 22.8. The second-order valence-corrected chi connectivity index (χ2v) is 5.21. The van der Waals surface area contributed by atoms with Gasteiger partial charge in [0, 0.05) is 17.2 Å². The molecule has 0 bridgehead atoms. The number of amides is 1. The number of ketones is 1. The molecule has 0 radical (unpaired) electrons. The SMILES string of the molecule is CC(=O)c1ccc(-c2ccc(/C=C3\NC(=S)NC3=O)o2)cc1. The fourth-order valence-corrected chi connectivity index (χ4v) is 2.28. The zero-order valence-corrected chi connectivity index (χ0v) is 12.5. The first-order valence-electron chi connectivity index (χ1n) is 6.58. The van der Waals surface area contributed by atoms with E-state index >= 15 is 0 Å². The molecule has 110 valence electrons. The summed E-state index contributed by atoms with van der Waals surface area (Å²) in [7, 11) is 0. The predicted octanol–water partition coefficient (Wildman–Crippen LogP) is 2.49. The lowest BCUT2D eigenvalue weighted by atomic mass is 10.1. The van der Waals surface area contributed by atoms with Gasteiger partial charge in [-0.2, -0.15) is 0 Å². The molecule has 1 aromatic carbocycles. The largest absolute Gasteiger partial charge is 0.457 e. The van der Waals surface area contributed by atoms with Gasteiger partial charge in [0.05, 0.1) is 0 Å². The van der Waals surface area contributed by atoms with Crippen LogP contribution in [0.3, 0.4) is 0 Å². The standard InChI is InChI=1S/C16H12N2O3S/c1-9(19)10-2-4-11(5-3-10)14-7-6-12(21-14)8-13-15(20)18-16(22)17-13/h2-8H,1H3,(H2,17,18,20,22)/b13-8-.